The summed E-state index contributed by atoms with van der Waals surface area (Å²) in [5, 5.41) is 4.65. The molecule has 0 aliphatic heterocycles. The van der Waals surface area contributed by atoms with E-state index in [4.69, 9.17) is 4.74 Å². The summed E-state index contributed by atoms with van der Waals surface area (Å²) in [5.41, 5.74) is -0.539. The summed E-state index contributed by atoms with van der Waals surface area (Å²) in [7, 11) is 0. The number of hydrogen-bond donors (Lipinski definition) is 1. The number of carbonyl (C=O) groups excluding carboxylic acids is 1. The van der Waals surface area contributed by atoms with Crippen LogP contribution in [-0.4, -0.2) is 39.9 Å². The molecule has 116 valence electrons. The van der Waals surface area contributed by atoms with Crippen LogP contribution < -0.4 is 5.32 Å². The molecule has 0 spiro atoms. The van der Waals surface area contributed by atoms with Gasteiger partial charge in [0.1, 0.15) is 10.6 Å². The van der Waals surface area contributed by atoms with Crippen molar-refractivity contribution in [2.75, 3.05) is 13.2 Å². The highest BCUT2D eigenvalue weighted by atomic mass is 32.2. The second-order valence-corrected chi connectivity index (χ2v) is 6.53. The normalized spacial score (nSPS) is 25.5. The highest BCUT2D eigenvalue weighted by Crippen LogP contribution is 2.38. The Morgan fingerprint density at radius 2 is 2.38 bits per heavy atom. The third kappa shape index (κ3) is 4.17. The van der Waals surface area contributed by atoms with E-state index in [1.54, 1.807) is 30.4 Å². The largest absolute Gasteiger partial charge is 0.465 e. The third-order valence-electron chi connectivity index (χ3n) is 3.71. The number of aromatic nitrogens is 2. The number of ether oxygens (including phenoxy) is 1. The van der Waals surface area contributed by atoms with Crippen molar-refractivity contribution < 1.29 is 9.53 Å². The van der Waals surface area contributed by atoms with Crippen molar-refractivity contribution in [2.45, 2.75) is 55.3 Å². The maximum atomic E-state index is 12.4. The van der Waals surface area contributed by atoms with E-state index >= 15 is 0 Å². The molecule has 0 bridgehead atoms. The quantitative estimate of drug-likeness (QED) is 0.814. The highest BCUT2D eigenvalue weighted by Gasteiger charge is 2.43. The van der Waals surface area contributed by atoms with E-state index < -0.39 is 5.54 Å². The minimum atomic E-state index is -0.539. The van der Waals surface area contributed by atoms with Crippen LogP contribution in [0.3, 0.4) is 0 Å². The summed E-state index contributed by atoms with van der Waals surface area (Å²) in [6, 6.07) is 0. The summed E-state index contributed by atoms with van der Waals surface area (Å²) < 4.78 is 5.30. The first-order chi connectivity index (χ1) is 10.2. The fourth-order valence-corrected chi connectivity index (χ4v) is 4.10. The predicted molar refractivity (Wildman–Crippen MR) is 83.2 cm³/mol. The zero-order chi connectivity index (χ0) is 15.1. The third-order valence-corrected chi connectivity index (χ3v) is 4.90. The van der Waals surface area contributed by atoms with E-state index in [-0.39, 0.29) is 5.97 Å². The van der Waals surface area contributed by atoms with Gasteiger partial charge in [-0.25, -0.2) is 4.98 Å². The van der Waals surface area contributed by atoms with E-state index in [0.29, 0.717) is 11.9 Å². The Hall–Kier alpha value is -1.14. The molecule has 1 fully saturated rings. The number of esters is 1. The number of thioether (sulfide) groups is 1. The molecule has 2 unspecified atom stereocenters. The Morgan fingerprint density at radius 3 is 3.05 bits per heavy atom. The fourth-order valence-electron chi connectivity index (χ4n) is 2.87. The van der Waals surface area contributed by atoms with Crippen LogP contribution >= 0.6 is 11.8 Å². The van der Waals surface area contributed by atoms with E-state index in [1.807, 2.05) is 13.8 Å². The molecule has 0 radical (unpaired) electrons. The molecule has 0 aromatic carbocycles. The summed E-state index contributed by atoms with van der Waals surface area (Å²) in [6.45, 7) is 5.07. The zero-order valence-corrected chi connectivity index (χ0v) is 13.5. The second kappa shape index (κ2) is 7.75. The lowest BCUT2D eigenvalue weighted by Crippen LogP contribution is -2.56. The van der Waals surface area contributed by atoms with Crippen molar-refractivity contribution in [2.24, 2.45) is 0 Å². The topological polar surface area (TPSA) is 64.1 Å². The van der Waals surface area contributed by atoms with Crippen LogP contribution in [0, 0.1) is 0 Å². The van der Waals surface area contributed by atoms with E-state index in [9.17, 15) is 4.79 Å². The first kappa shape index (κ1) is 16.2. The second-order valence-electron chi connectivity index (χ2n) is 5.21. The molecule has 5 nitrogen and oxygen atoms in total. The van der Waals surface area contributed by atoms with Crippen LogP contribution in [0.4, 0.5) is 0 Å². The van der Waals surface area contributed by atoms with E-state index in [1.165, 1.54) is 0 Å². The summed E-state index contributed by atoms with van der Waals surface area (Å²) in [4.78, 5) is 20.8. The zero-order valence-electron chi connectivity index (χ0n) is 12.7. The van der Waals surface area contributed by atoms with Gasteiger partial charge in [-0.15, -0.1) is 11.8 Å². The molecule has 1 aliphatic rings. The number of carbonyl (C=O) groups is 1. The monoisotopic (exact) mass is 309 g/mol. The molecule has 2 rings (SSSR count). The van der Waals surface area contributed by atoms with Crippen molar-refractivity contribution in [3.05, 3.63) is 18.6 Å². The van der Waals surface area contributed by atoms with Crippen LogP contribution in [0.15, 0.2) is 23.6 Å². The number of nitrogens with one attached hydrogen (secondary N) is 1. The molecule has 2 atom stereocenters. The van der Waals surface area contributed by atoms with Crippen LogP contribution in [-0.2, 0) is 9.53 Å². The Kier molecular flexibility index (Phi) is 5.99. The molecule has 1 N–H and O–H groups in total. The van der Waals surface area contributed by atoms with E-state index in [0.717, 1.165) is 37.3 Å². The molecule has 1 heterocycles. The maximum absolute atomic E-state index is 12.4. The summed E-state index contributed by atoms with van der Waals surface area (Å²) in [5.74, 6) is -0.115. The number of likely N-dealkylation sites (N-methyl/N-ethyl adjacent to an activating group) is 1. The van der Waals surface area contributed by atoms with Crippen molar-refractivity contribution in [3.8, 4) is 0 Å². The molecule has 6 heteroatoms. The Labute approximate surface area is 130 Å². The molecule has 0 amide bonds. The molecular formula is C15H23N3O2S. The van der Waals surface area contributed by atoms with Gasteiger partial charge >= 0.3 is 5.97 Å². The predicted octanol–water partition coefficient (Wildman–Crippen LogP) is 2.42. The van der Waals surface area contributed by atoms with Gasteiger partial charge in [0.05, 0.1) is 12.8 Å². The molecule has 21 heavy (non-hydrogen) atoms. The number of hydrogen-bond acceptors (Lipinski definition) is 6. The molecule has 0 saturated heterocycles. The van der Waals surface area contributed by atoms with Crippen molar-refractivity contribution >= 4 is 17.7 Å². The standard InChI is InChI=1S/C15H23N3O2S/c1-3-18-15(14(19)20-4-2)7-5-6-12(10-15)21-13-11-16-8-9-17-13/h8-9,11-12,18H,3-7,10H2,1-2H3. The lowest BCUT2D eigenvalue weighted by Gasteiger charge is -2.39. The Balaban J connectivity index is 2.07. The molecule has 1 saturated carbocycles. The summed E-state index contributed by atoms with van der Waals surface area (Å²) >= 11 is 1.71. The fraction of sp³-hybridized carbons (Fsp3) is 0.667. The first-order valence-corrected chi connectivity index (χ1v) is 8.43. The minimum Gasteiger partial charge on any atom is -0.465 e. The van der Waals surface area contributed by atoms with Crippen molar-refractivity contribution in [1.29, 1.82) is 0 Å². The maximum Gasteiger partial charge on any atom is 0.326 e. The SMILES string of the molecule is CCNC1(C(=O)OCC)CCCC(Sc2cnccn2)C1. The Bertz CT molecular complexity index is 453. The van der Waals surface area contributed by atoms with Crippen LogP contribution in [0.1, 0.15) is 39.5 Å². The molecule has 1 aromatic heterocycles. The van der Waals surface area contributed by atoms with Gasteiger partial charge in [-0.05, 0) is 39.2 Å². The number of nitrogens with zero attached hydrogens (tertiary/aromatic N) is 2. The summed E-state index contributed by atoms with van der Waals surface area (Å²) in [6.07, 6.45) is 8.88. The minimum absolute atomic E-state index is 0.115. The van der Waals surface area contributed by atoms with Gasteiger partial charge in [-0.1, -0.05) is 6.92 Å². The lowest BCUT2D eigenvalue weighted by atomic mass is 9.81. The van der Waals surface area contributed by atoms with Gasteiger partial charge in [0.2, 0.25) is 0 Å². The van der Waals surface area contributed by atoms with Gasteiger partial charge < -0.3 is 10.1 Å². The highest BCUT2D eigenvalue weighted by molar-refractivity contribution is 7.99. The van der Waals surface area contributed by atoms with Gasteiger partial charge in [0.15, 0.2) is 0 Å². The average Bonchev–Trinajstić information content (AvgIpc) is 2.49. The smallest absolute Gasteiger partial charge is 0.326 e. The van der Waals surface area contributed by atoms with Crippen LogP contribution in [0.5, 0.6) is 0 Å². The first-order valence-electron chi connectivity index (χ1n) is 7.55. The lowest BCUT2D eigenvalue weighted by molar-refractivity contribution is -0.152. The van der Waals surface area contributed by atoms with Crippen molar-refractivity contribution in [3.63, 3.8) is 0 Å². The van der Waals surface area contributed by atoms with Gasteiger partial charge in [0, 0.05) is 17.6 Å². The molecular weight excluding hydrogens is 286 g/mol. The van der Waals surface area contributed by atoms with Crippen LogP contribution in [0.2, 0.25) is 0 Å². The van der Waals surface area contributed by atoms with Gasteiger partial charge in [0.25, 0.3) is 0 Å². The molecule has 1 aliphatic carbocycles. The van der Waals surface area contributed by atoms with Gasteiger partial charge in [-0.2, -0.15) is 0 Å². The average molecular weight is 309 g/mol. The van der Waals surface area contributed by atoms with Gasteiger partial charge in [-0.3, -0.25) is 9.78 Å². The molecule has 1 aromatic rings. The van der Waals surface area contributed by atoms with E-state index in [2.05, 4.69) is 15.3 Å². The Morgan fingerprint density at radius 1 is 1.52 bits per heavy atom. The van der Waals surface area contributed by atoms with Crippen molar-refractivity contribution in [1.82, 2.24) is 15.3 Å². The number of rotatable bonds is 6. The van der Waals surface area contributed by atoms with Crippen LogP contribution in [0.25, 0.3) is 0 Å².